The summed E-state index contributed by atoms with van der Waals surface area (Å²) in [5.41, 5.74) is 3.64. The third-order valence-electron chi connectivity index (χ3n) is 5.39. The maximum absolute atomic E-state index is 12.2. The summed E-state index contributed by atoms with van der Waals surface area (Å²) in [7, 11) is 4.83. The van der Waals surface area contributed by atoms with E-state index < -0.39 is 0 Å². The quantitative estimate of drug-likeness (QED) is 0.741. The van der Waals surface area contributed by atoms with E-state index in [-0.39, 0.29) is 24.6 Å². The average Bonchev–Trinajstić information content (AvgIpc) is 2.73. The number of amides is 1. The van der Waals surface area contributed by atoms with Gasteiger partial charge in [0.15, 0.2) is 11.5 Å². The number of methoxy groups -OCH3 is 3. The summed E-state index contributed by atoms with van der Waals surface area (Å²) in [5, 5.41) is 3.10. The molecule has 0 saturated heterocycles. The highest BCUT2D eigenvalue weighted by atomic mass is 16.5. The van der Waals surface area contributed by atoms with Gasteiger partial charge in [-0.1, -0.05) is 30.3 Å². The fourth-order valence-corrected chi connectivity index (χ4v) is 4.12. The highest BCUT2D eigenvalue weighted by molar-refractivity contribution is 5.77. The minimum atomic E-state index is -0.118. The summed E-state index contributed by atoms with van der Waals surface area (Å²) in [6.07, 6.45) is 0.914. The van der Waals surface area contributed by atoms with Crippen molar-refractivity contribution < 1.29 is 19.0 Å². The fourth-order valence-electron chi connectivity index (χ4n) is 4.12. The Morgan fingerprint density at radius 1 is 1.14 bits per heavy atom. The van der Waals surface area contributed by atoms with E-state index in [4.69, 9.17) is 14.2 Å². The Hall–Kier alpha value is -2.57. The number of hydrogen-bond donors (Lipinski definition) is 1. The zero-order valence-electron chi connectivity index (χ0n) is 17.6. The van der Waals surface area contributed by atoms with Crippen molar-refractivity contribution in [1.29, 1.82) is 0 Å². The van der Waals surface area contributed by atoms with Crippen LogP contribution in [0, 0.1) is 0 Å². The van der Waals surface area contributed by atoms with E-state index in [0.717, 1.165) is 30.8 Å². The lowest BCUT2D eigenvalue weighted by molar-refractivity contribution is -0.125. The molecule has 1 amide bonds. The van der Waals surface area contributed by atoms with Gasteiger partial charge in [0.25, 0.3) is 0 Å². The predicted molar refractivity (Wildman–Crippen MR) is 112 cm³/mol. The second-order valence-corrected chi connectivity index (χ2v) is 7.35. The number of carbonyl (C=O) groups is 1. The minimum Gasteiger partial charge on any atom is -0.493 e. The van der Waals surface area contributed by atoms with Crippen LogP contribution in [0.2, 0.25) is 0 Å². The third kappa shape index (κ3) is 4.89. The average molecular weight is 399 g/mol. The van der Waals surface area contributed by atoms with Gasteiger partial charge in [-0.05, 0) is 42.2 Å². The summed E-state index contributed by atoms with van der Waals surface area (Å²) in [4.78, 5) is 14.6. The van der Waals surface area contributed by atoms with E-state index in [2.05, 4.69) is 46.6 Å². The Morgan fingerprint density at radius 2 is 1.83 bits per heavy atom. The smallest absolute Gasteiger partial charge is 0.246 e. The maximum Gasteiger partial charge on any atom is 0.246 e. The molecule has 6 nitrogen and oxygen atoms in total. The van der Waals surface area contributed by atoms with Gasteiger partial charge in [0.05, 0.1) is 20.3 Å². The van der Waals surface area contributed by atoms with Crippen molar-refractivity contribution in [3.05, 3.63) is 59.2 Å². The molecule has 6 heteroatoms. The fraction of sp³-hybridized carbons (Fsp3) is 0.435. The first-order valence-electron chi connectivity index (χ1n) is 9.88. The first kappa shape index (κ1) is 21.1. The Morgan fingerprint density at radius 3 is 2.48 bits per heavy atom. The van der Waals surface area contributed by atoms with Gasteiger partial charge in [-0.15, -0.1) is 0 Å². The first-order valence-corrected chi connectivity index (χ1v) is 9.88. The third-order valence-corrected chi connectivity index (χ3v) is 5.39. The second kappa shape index (κ2) is 9.76. The molecule has 0 unspecified atom stereocenters. The lowest BCUT2D eigenvalue weighted by Gasteiger charge is -2.41. The number of nitrogens with one attached hydrogen (secondary N) is 1. The molecule has 2 aromatic carbocycles. The van der Waals surface area contributed by atoms with Gasteiger partial charge < -0.3 is 19.5 Å². The Labute approximate surface area is 172 Å². The van der Waals surface area contributed by atoms with Gasteiger partial charge in [0, 0.05) is 26.2 Å². The monoisotopic (exact) mass is 398 g/mol. The number of hydrogen-bond acceptors (Lipinski definition) is 5. The van der Waals surface area contributed by atoms with Crippen LogP contribution in [0.3, 0.4) is 0 Å². The summed E-state index contributed by atoms with van der Waals surface area (Å²) in [6, 6.07) is 14.4. The number of carbonyl (C=O) groups excluding carboxylic acids is 1. The van der Waals surface area contributed by atoms with E-state index >= 15 is 0 Å². The van der Waals surface area contributed by atoms with E-state index in [1.165, 1.54) is 18.2 Å². The van der Waals surface area contributed by atoms with Crippen molar-refractivity contribution >= 4 is 5.91 Å². The van der Waals surface area contributed by atoms with Crippen LogP contribution in [0.15, 0.2) is 42.5 Å². The molecule has 1 heterocycles. The van der Waals surface area contributed by atoms with E-state index in [9.17, 15) is 4.79 Å². The lowest BCUT2D eigenvalue weighted by Crippen LogP contribution is -2.48. The summed E-state index contributed by atoms with van der Waals surface area (Å²) in [5.74, 6) is 1.32. The van der Waals surface area contributed by atoms with Gasteiger partial charge >= 0.3 is 0 Å². The lowest BCUT2D eigenvalue weighted by atomic mass is 9.87. The van der Waals surface area contributed by atoms with Crippen LogP contribution in [-0.2, 0) is 22.5 Å². The van der Waals surface area contributed by atoms with Gasteiger partial charge in [0.2, 0.25) is 5.91 Å². The normalized spacial score (nSPS) is 17.3. The van der Waals surface area contributed by atoms with Crippen LogP contribution in [0.25, 0.3) is 0 Å². The van der Waals surface area contributed by atoms with Crippen molar-refractivity contribution in [2.45, 2.75) is 32.0 Å². The molecule has 0 saturated carbocycles. The highest BCUT2D eigenvalue weighted by Crippen LogP contribution is 2.40. The molecule has 156 valence electrons. The molecule has 0 aliphatic carbocycles. The van der Waals surface area contributed by atoms with Crippen LogP contribution < -0.4 is 14.8 Å². The molecule has 3 rings (SSSR count). The highest BCUT2D eigenvalue weighted by Gasteiger charge is 2.33. The number of fused-ring (bicyclic) bond motifs is 1. The standard InChI is InChI=1S/C23H30N2O4/c1-16(24-22(26)15-27-2)23-19-13-21(29-4)20(28-3)12-18(19)10-11-25(23)14-17-8-6-5-7-9-17/h5-9,12-13,16,23H,10-11,14-15H2,1-4H3,(H,24,26)/t16-,23-/m1/s1. The summed E-state index contributed by atoms with van der Waals surface area (Å²) >= 11 is 0. The molecule has 0 radical (unpaired) electrons. The van der Waals surface area contributed by atoms with E-state index in [0.29, 0.717) is 5.75 Å². The molecule has 1 N–H and O–H groups in total. The van der Waals surface area contributed by atoms with Gasteiger partial charge in [-0.2, -0.15) is 0 Å². The molecule has 0 spiro atoms. The maximum atomic E-state index is 12.2. The van der Waals surface area contributed by atoms with E-state index in [1.54, 1.807) is 14.2 Å². The predicted octanol–water partition coefficient (Wildman–Crippen LogP) is 2.95. The number of nitrogens with zero attached hydrogens (tertiary/aromatic N) is 1. The first-order chi connectivity index (χ1) is 14.1. The van der Waals surface area contributed by atoms with Gasteiger partial charge in [0.1, 0.15) is 6.61 Å². The summed E-state index contributed by atoms with van der Waals surface area (Å²) < 4.78 is 16.0. The van der Waals surface area contributed by atoms with Crippen molar-refractivity contribution in [3.63, 3.8) is 0 Å². The molecule has 0 fully saturated rings. The molecule has 0 bridgehead atoms. The zero-order valence-corrected chi connectivity index (χ0v) is 17.6. The van der Waals surface area contributed by atoms with Crippen LogP contribution in [0.5, 0.6) is 11.5 Å². The number of rotatable bonds is 8. The van der Waals surface area contributed by atoms with Crippen LogP contribution in [0.1, 0.15) is 29.7 Å². The topological polar surface area (TPSA) is 60.0 Å². The molecule has 1 aliphatic heterocycles. The van der Waals surface area contributed by atoms with Crippen molar-refractivity contribution in [1.82, 2.24) is 10.2 Å². The largest absolute Gasteiger partial charge is 0.493 e. The van der Waals surface area contributed by atoms with Crippen molar-refractivity contribution in [3.8, 4) is 11.5 Å². The minimum absolute atomic E-state index is 0.0135. The zero-order chi connectivity index (χ0) is 20.8. The molecule has 1 aliphatic rings. The molecule has 2 atom stereocenters. The van der Waals surface area contributed by atoms with Gasteiger partial charge in [-0.25, -0.2) is 0 Å². The molecule has 2 aromatic rings. The van der Waals surface area contributed by atoms with E-state index in [1.807, 2.05) is 13.0 Å². The molecule has 29 heavy (non-hydrogen) atoms. The van der Waals surface area contributed by atoms with Crippen LogP contribution in [0.4, 0.5) is 0 Å². The van der Waals surface area contributed by atoms with Crippen LogP contribution >= 0.6 is 0 Å². The molecular weight excluding hydrogens is 368 g/mol. The SMILES string of the molecule is COCC(=O)N[C@H](C)[C@@H]1c2cc(OC)c(OC)cc2CCN1Cc1ccccc1. The molecule has 0 aromatic heterocycles. The van der Waals surface area contributed by atoms with Crippen molar-refractivity contribution in [2.75, 3.05) is 34.5 Å². The van der Waals surface area contributed by atoms with Crippen molar-refractivity contribution in [2.24, 2.45) is 0 Å². The Balaban J connectivity index is 1.96. The number of benzene rings is 2. The van der Waals surface area contributed by atoms with Gasteiger partial charge in [-0.3, -0.25) is 9.69 Å². The number of ether oxygens (including phenoxy) is 3. The van der Waals surface area contributed by atoms with Crippen LogP contribution in [-0.4, -0.2) is 51.3 Å². The second-order valence-electron chi connectivity index (χ2n) is 7.35. The Bertz CT molecular complexity index is 825. The molecular formula is C23H30N2O4. The Kier molecular flexibility index (Phi) is 7.12. The summed E-state index contributed by atoms with van der Waals surface area (Å²) in [6.45, 7) is 3.80.